The average Bonchev–Trinajstić information content (AvgIpc) is 2.76. The molecule has 0 bridgehead atoms. The van der Waals surface area contributed by atoms with Crippen LogP contribution in [0.5, 0.6) is 0 Å². The van der Waals surface area contributed by atoms with Crippen molar-refractivity contribution < 1.29 is 18.0 Å². The van der Waals surface area contributed by atoms with Crippen molar-refractivity contribution in [2.75, 3.05) is 39.3 Å². The molecule has 6 nitrogen and oxygen atoms in total. The Morgan fingerprint density at radius 2 is 1.96 bits per heavy atom. The van der Waals surface area contributed by atoms with E-state index in [1.165, 1.54) is 4.90 Å². The molecule has 0 spiro atoms. The van der Waals surface area contributed by atoms with Crippen LogP contribution in [0.1, 0.15) is 12.2 Å². The fourth-order valence-corrected chi connectivity index (χ4v) is 3.45. The van der Waals surface area contributed by atoms with Crippen LogP contribution in [0.2, 0.25) is 0 Å². The number of hydrogen-bond donors (Lipinski definition) is 1. The molecule has 0 radical (unpaired) electrons. The summed E-state index contributed by atoms with van der Waals surface area (Å²) in [6.45, 7) is 3.38. The Hall–Kier alpha value is -2.29. The van der Waals surface area contributed by atoms with E-state index in [0.717, 1.165) is 16.9 Å². The topological polar surface area (TPSA) is 53.4 Å². The predicted octanol–water partition coefficient (Wildman–Crippen LogP) is 2.62. The van der Waals surface area contributed by atoms with Crippen LogP contribution in [0.3, 0.4) is 0 Å². The number of carbonyl (C=O) groups excluding carboxylic acids is 1. The number of benzene rings is 1. The number of urea groups is 1. The number of aromatic nitrogens is 2. The molecule has 0 atom stereocenters. The molecule has 27 heavy (non-hydrogen) atoms. The number of imidazole rings is 1. The van der Waals surface area contributed by atoms with Crippen molar-refractivity contribution in [2.45, 2.75) is 26.1 Å². The number of para-hydroxylation sites is 2. The Morgan fingerprint density at radius 3 is 2.74 bits per heavy atom. The van der Waals surface area contributed by atoms with Gasteiger partial charge < -0.3 is 14.8 Å². The Morgan fingerprint density at radius 1 is 1.19 bits per heavy atom. The van der Waals surface area contributed by atoms with E-state index in [1.807, 2.05) is 35.8 Å². The number of rotatable bonds is 4. The molecule has 0 saturated carbocycles. The minimum Gasteiger partial charge on any atom is -0.336 e. The van der Waals surface area contributed by atoms with E-state index in [1.54, 1.807) is 4.90 Å². The molecule has 2 aromatic rings. The van der Waals surface area contributed by atoms with Gasteiger partial charge in [-0.3, -0.25) is 4.90 Å². The number of amides is 2. The SMILES string of the molecule is Cc1nc2ccccc2n1CCNC(=O)N1CCCN(CC(F)(F)F)CC1. The highest BCUT2D eigenvalue weighted by molar-refractivity contribution is 5.76. The van der Waals surface area contributed by atoms with Crippen LogP contribution in [0.4, 0.5) is 18.0 Å². The molecule has 1 saturated heterocycles. The smallest absolute Gasteiger partial charge is 0.336 e. The van der Waals surface area contributed by atoms with Gasteiger partial charge in [-0.1, -0.05) is 12.1 Å². The molecule has 1 fully saturated rings. The number of halogens is 3. The Bertz CT molecular complexity index is 789. The van der Waals surface area contributed by atoms with Gasteiger partial charge in [-0.25, -0.2) is 9.78 Å². The Kier molecular flexibility index (Phi) is 5.88. The molecule has 0 aliphatic carbocycles. The third-order valence-corrected chi connectivity index (χ3v) is 4.74. The van der Waals surface area contributed by atoms with Crippen LogP contribution >= 0.6 is 0 Å². The molecule has 1 aromatic carbocycles. The molecular weight excluding hydrogens is 359 g/mol. The molecule has 1 aliphatic rings. The summed E-state index contributed by atoms with van der Waals surface area (Å²) in [7, 11) is 0. The summed E-state index contributed by atoms with van der Waals surface area (Å²) in [5.41, 5.74) is 1.93. The molecule has 148 valence electrons. The van der Waals surface area contributed by atoms with E-state index < -0.39 is 12.7 Å². The summed E-state index contributed by atoms with van der Waals surface area (Å²) in [5.74, 6) is 0.878. The second-order valence-electron chi connectivity index (χ2n) is 6.76. The van der Waals surface area contributed by atoms with Crippen molar-refractivity contribution in [1.29, 1.82) is 0 Å². The van der Waals surface area contributed by atoms with Gasteiger partial charge >= 0.3 is 12.2 Å². The first-order valence-corrected chi connectivity index (χ1v) is 9.07. The summed E-state index contributed by atoms with van der Waals surface area (Å²) >= 11 is 0. The van der Waals surface area contributed by atoms with Crippen molar-refractivity contribution >= 4 is 17.1 Å². The second-order valence-corrected chi connectivity index (χ2v) is 6.76. The number of carbonyl (C=O) groups is 1. The van der Waals surface area contributed by atoms with E-state index in [2.05, 4.69) is 10.3 Å². The number of nitrogens with one attached hydrogen (secondary N) is 1. The summed E-state index contributed by atoms with van der Waals surface area (Å²) in [5, 5.41) is 2.87. The van der Waals surface area contributed by atoms with E-state index in [-0.39, 0.29) is 12.6 Å². The molecule has 2 heterocycles. The monoisotopic (exact) mass is 383 g/mol. The third-order valence-electron chi connectivity index (χ3n) is 4.74. The van der Waals surface area contributed by atoms with E-state index >= 15 is 0 Å². The van der Waals surface area contributed by atoms with E-state index in [4.69, 9.17) is 0 Å². The zero-order valence-electron chi connectivity index (χ0n) is 15.3. The number of nitrogens with zero attached hydrogens (tertiary/aromatic N) is 4. The molecule has 2 amide bonds. The van der Waals surface area contributed by atoms with Crippen LogP contribution < -0.4 is 5.32 Å². The maximum atomic E-state index is 12.5. The normalized spacial score (nSPS) is 16.5. The highest BCUT2D eigenvalue weighted by Crippen LogP contribution is 2.18. The van der Waals surface area contributed by atoms with Crippen molar-refractivity contribution in [3.63, 3.8) is 0 Å². The molecular formula is C18H24F3N5O. The van der Waals surface area contributed by atoms with E-state index in [9.17, 15) is 18.0 Å². The molecule has 1 aromatic heterocycles. The maximum Gasteiger partial charge on any atom is 0.401 e. The fraction of sp³-hybridized carbons (Fsp3) is 0.556. The van der Waals surface area contributed by atoms with Crippen LogP contribution in [0, 0.1) is 6.92 Å². The maximum absolute atomic E-state index is 12.5. The summed E-state index contributed by atoms with van der Waals surface area (Å²) in [6, 6.07) is 7.58. The van der Waals surface area contributed by atoms with Crippen LogP contribution in [-0.4, -0.2) is 70.8 Å². The largest absolute Gasteiger partial charge is 0.401 e. The number of fused-ring (bicyclic) bond motifs is 1. The third kappa shape index (κ3) is 5.12. The highest BCUT2D eigenvalue weighted by atomic mass is 19.4. The minimum absolute atomic E-state index is 0.231. The van der Waals surface area contributed by atoms with E-state index in [0.29, 0.717) is 39.1 Å². The summed E-state index contributed by atoms with van der Waals surface area (Å²) in [6.07, 6.45) is -3.67. The van der Waals surface area contributed by atoms with Gasteiger partial charge in [-0.15, -0.1) is 0 Å². The van der Waals surface area contributed by atoms with Gasteiger partial charge in [0.25, 0.3) is 0 Å². The lowest BCUT2D eigenvalue weighted by Gasteiger charge is -2.23. The van der Waals surface area contributed by atoms with Crippen LogP contribution in [-0.2, 0) is 6.54 Å². The van der Waals surface area contributed by atoms with Crippen molar-refractivity contribution in [3.8, 4) is 0 Å². The van der Waals surface area contributed by atoms with Crippen molar-refractivity contribution in [3.05, 3.63) is 30.1 Å². The lowest BCUT2D eigenvalue weighted by molar-refractivity contribution is -0.145. The van der Waals surface area contributed by atoms with Crippen LogP contribution in [0.15, 0.2) is 24.3 Å². The minimum atomic E-state index is -4.21. The average molecular weight is 383 g/mol. The first kappa shape index (κ1) is 19.5. The van der Waals surface area contributed by atoms with Gasteiger partial charge in [0.05, 0.1) is 17.6 Å². The number of aryl methyl sites for hydroxylation is 1. The Balaban J connectivity index is 1.50. The van der Waals surface area contributed by atoms with Crippen molar-refractivity contribution in [1.82, 2.24) is 24.7 Å². The molecule has 0 unspecified atom stereocenters. The second kappa shape index (κ2) is 8.16. The van der Waals surface area contributed by atoms with Gasteiger partial charge in [-0.2, -0.15) is 13.2 Å². The zero-order chi connectivity index (χ0) is 19.4. The molecule has 9 heteroatoms. The number of hydrogen-bond acceptors (Lipinski definition) is 3. The quantitative estimate of drug-likeness (QED) is 0.883. The molecule has 3 rings (SSSR count). The van der Waals surface area contributed by atoms with Gasteiger partial charge in [-0.05, 0) is 25.5 Å². The molecule has 1 aliphatic heterocycles. The van der Waals surface area contributed by atoms with Gasteiger partial charge in [0.15, 0.2) is 0 Å². The first-order valence-electron chi connectivity index (χ1n) is 9.07. The first-order chi connectivity index (χ1) is 12.8. The summed E-state index contributed by atoms with van der Waals surface area (Å²) in [4.78, 5) is 19.8. The fourth-order valence-electron chi connectivity index (χ4n) is 3.45. The Labute approximate surface area is 155 Å². The highest BCUT2D eigenvalue weighted by Gasteiger charge is 2.31. The summed E-state index contributed by atoms with van der Waals surface area (Å²) < 4.78 is 39.6. The predicted molar refractivity (Wildman–Crippen MR) is 96.6 cm³/mol. The molecule has 1 N–H and O–H groups in total. The standard InChI is InChI=1S/C18H24F3N5O/c1-14-23-15-5-2-3-6-16(15)26(14)10-7-22-17(27)25-9-4-8-24(11-12-25)13-18(19,20)21/h2-3,5-6H,4,7-13H2,1H3,(H,22,27). The van der Waals surface area contributed by atoms with Crippen LogP contribution in [0.25, 0.3) is 11.0 Å². The zero-order valence-corrected chi connectivity index (χ0v) is 15.3. The van der Waals surface area contributed by atoms with Gasteiger partial charge in [0.1, 0.15) is 5.82 Å². The lowest BCUT2D eigenvalue weighted by Crippen LogP contribution is -2.43. The van der Waals surface area contributed by atoms with Crippen molar-refractivity contribution in [2.24, 2.45) is 0 Å². The lowest BCUT2D eigenvalue weighted by atomic mass is 10.3. The number of alkyl halides is 3. The van der Waals surface area contributed by atoms with Gasteiger partial charge in [0, 0.05) is 39.3 Å². The van der Waals surface area contributed by atoms with Gasteiger partial charge in [0.2, 0.25) is 0 Å².